The van der Waals surface area contributed by atoms with Crippen molar-refractivity contribution in [2.24, 2.45) is 0 Å². The summed E-state index contributed by atoms with van der Waals surface area (Å²) in [5.74, 6) is 1.01. The van der Waals surface area contributed by atoms with Crippen LogP contribution in [0.15, 0.2) is 24.3 Å². The highest BCUT2D eigenvalue weighted by molar-refractivity contribution is 5.76. The second-order valence-corrected chi connectivity index (χ2v) is 4.22. The third kappa shape index (κ3) is 3.46. The molecule has 4 nitrogen and oxygen atoms in total. The number of hydrazine groups is 1. The Hall–Kier alpha value is -1.55. The van der Waals surface area contributed by atoms with Crippen LogP contribution in [0.1, 0.15) is 18.4 Å². The summed E-state index contributed by atoms with van der Waals surface area (Å²) in [5, 5.41) is 1.65. The molecule has 0 spiro atoms. The second-order valence-electron chi connectivity index (χ2n) is 4.22. The van der Waals surface area contributed by atoms with Crippen LogP contribution in [0.4, 0.5) is 0 Å². The molecule has 1 N–H and O–H groups in total. The van der Waals surface area contributed by atoms with Gasteiger partial charge < -0.3 is 4.74 Å². The lowest BCUT2D eigenvalue weighted by molar-refractivity contribution is -0.137. The van der Waals surface area contributed by atoms with Gasteiger partial charge in [-0.1, -0.05) is 12.1 Å². The number of aryl methyl sites for hydroxylation is 1. The average molecular weight is 234 g/mol. The molecule has 0 aromatic heterocycles. The Morgan fingerprint density at radius 3 is 3.12 bits per heavy atom. The zero-order valence-corrected chi connectivity index (χ0v) is 10.1. The van der Waals surface area contributed by atoms with Crippen LogP contribution in [0.3, 0.4) is 0 Å². The number of amides is 1. The number of benzene rings is 1. The van der Waals surface area contributed by atoms with Crippen LogP contribution >= 0.6 is 0 Å². The van der Waals surface area contributed by atoms with Crippen molar-refractivity contribution >= 4 is 5.91 Å². The number of hydrogen-bond donors (Lipinski definition) is 1. The third-order valence-electron chi connectivity index (χ3n) is 2.74. The molecule has 1 saturated heterocycles. The summed E-state index contributed by atoms with van der Waals surface area (Å²) >= 11 is 0. The summed E-state index contributed by atoms with van der Waals surface area (Å²) in [7, 11) is 0. The molecule has 1 aliphatic heterocycles. The lowest BCUT2D eigenvalue weighted by Gasteiger charge is -2.27. The molecule has 1 heterocycles. The van der Waals surface area contributed by atoms with Gasteiger partial charge in [0.15, 0.2) is 0 Å². The Morgan fingerprint density at radius 2 is 2.35 bits per heavy atom. The van der Waals surface area contributed by atoms with Crippen LogP contribution in [0, 0.1) is 6.92 Å². The zero-order chi connectivity index (χ0) is 12.1. The first-order valence-corrected chi connectivity index (χ1v) is 5.99. The molecule has 0 aliphatic carbocycles. The van der Waals surface area contributed by atoms with E-state index in [4.69, 9.17) is 4.74 Å². The van der Waals surface area contributed by atoms with Crippen LogP contribution in [-0.4, -0.2) is 30.6 Å². The van der Waals surface area contributed by atoms with Gasteiger partial charge in [-0.25, -0.2) is 5.43 Å². The average Bonchev–Trinajstić information content (AvgIpc) is 2.32. The van der Waals surface area contributed by atoms with Crippen LogP contribution in [0.25, 0.3) is 0 Å². The zero-order valence-electron chi connectivity index (χ0n) is 10.1. The fourth-order valence-corrected chi connectivity index (χ4v) is 1.84. The van der Waals surface area contributed by atoms with Crippen molar-refractivity contribution in [3.8, 4) is 5.75 Å². The molecule has 1 aromatic carbocycles. The fourth-order valence-electron chi connectivity index (χ4n) is 1.84. The van der Waals surface area contributed by atoms with Crippen LogP contribution in [-0.2, 0) is 4.79 Å². The monoisotopic (exact) mass is 234 g/mol. The number of nitrogens with one attached hydrogen (secondary N) is 1. The maximum absolute atomic E-state index is 11.5. The molecule has 1 aromatic rings. The van der Waals surface area contributed by atoms with Gasteiger partial charge in [-0.15, -0.1) is 0 Å². The first-order chi connectivity index (χ1) is 8.25. The van der Waals surface area contributed by atoms with Gasteiger partial charge >= 0.3 is 0 Å². The molecule has 92 valence electrons. The normalized spacial score (nSPS) is 16.1. The van der Waals surface area contributed by atoms with E-state index in [0.29, 0.717) is 19.6 Å². The van der Waals surface area contributed by atoms with Gasteiger partial charge in [-0.05, 0) is 31.0 Å². The Bertz CT molecular complexity index is 393. The molecular weight excluding hydrogens is 216 g/mol. The van der Waals surface area contributed by atoms with Crippen LogP contribution in [0.2, 0.25) is 0 Å². The molecule has 0 radical (unpaired) electrons. The third-order valence-corrected chi connectivity index (χ3v) is 2.74. The van der Waals surface area contributed by atoms with E-state index in [1.54, 1.807) is 5.01 Å². The molecule has 17 heavy (non-hydrogen) atoms. The van der Waals surface area contributed by atoms with E-state index in [-0.39, 0.29) is 5.91 Å². The Balaban J connectivity index is 1.77. The number of hydrogen-bond acceptors (Lipinski definition) is 3. The lowest BCUT2D eigenvalue weighted by Crippen LogP contribution is -2.48. The van der Waals surface area contributed by atoms with Crippen molar-refractivity contribution in [3.05, 3.63) is 29.8 Å². The van der Waals surface area contributed by atoms with Crippen molar-refractivity contribution in [2.75, 3.05) is 19.7 Å². The molecule has 0 saturated carbocycles. The molecular formula is C13H18N2O2. The van der Waals surface area contributed by atoms with Crippen molar-refractivity contribution in [1.82, 2.24) is 10.4 Å². The van der Waals surface area contributed by atoms with Gasteiger partial charge in [0.25, 0.3) is 0 Å². The predicted octanol–water partition coefficient (Wildman–Crippen LogP) is 1.50. The number of carbonyl (C=O) groups excluding carboxylic acids is 1. The van der Waals surface area contributed by atoms with Crippen molar-refractivity contribution < 1.29 is 9.53 Å². The first kappa shape index (κ1) is 11.9. The largest absolute Gasteiger partial charge is 0.492 e. The minimum absolute atomic E-state index is 0.157. The molecule has 2 rings (SSSR count). The van der Waals surface area contributed by atoms with Crippen molar-refractivity contribution in [3.63, 3.8) is 0 Å². The van der Waals surface area contributed by atoms with E-state index >= 15 is 0 Å². The quantitative estimate of drug-likeness (QED) is 0.858. The van der Waals surface area contributed by atoms with Gasteiger partial charge in [0.1, 0.15) is 12.4 Å². The van der Waals surface area contributed by atoms with Crippen LogP contribution in [0.5, 0.6) is 5.75 Å². The second kappa shape index (κ2) is 5.68. The fraction of sp³-hybridized carbons (Fsp3) is 0.462. The Kier molecular flexibility index (Phi) is 3.98. The maximum atomic E-state index is 11.5. The summed E-state index contributed by atoms with van der Waals surface area (Å²) < 4.78 is 5.60. The molecule has 1 fully saturated rings. The molecule has 1 amide bonds. The van der Waals surface area contributed by atoms with Crippen molar-refractivity contribution in [2.45, 2.75) is 19.8 Å². The first-order valence-electron chi connectivity index (χ1n) is 5.99. The Labute approximate surface area is 102 Å². The van der Waals surface area contributed by atoms with E-state index in [2.05, 4.69) is 5.43 Å². The number of carbonyl (C=O) groups is 1. The van der Waals surface area contributed by atoms with Crippen LogP contribution < -0.4 is 10.2 Å². The summed E-state index contributed by atoms with van der Waals surface area (Å²) in [4.78, 5) is 11.5. The van der Waals surface area contributed by atoms with E-state index in [1.807, 2.05) is 31.2 Å². The molecule has 0 bridgehead atoms. The highest BCUT2D eigenvalue weighted by Crippen LogP contribution is 2.12. The number of ether oxygens (including phenoxy) is 1. The smallest absolute Gasteiger partial charge is 0.236 e. The SMILES string of the molecule is Cc1cccc(OCCN2NCCCC2=O)c1. The van der Waals surface area contributed by atoms with E-state index in [1.165, 1.54) is 5.56 Å². The predicted molar refractivity (Wildman–Crippen MR) is 65.6 cm³/mol. The Morgan fingerprint density at radius 1 is 1.47 bits per heavy atom. The maximum Gasteiger partial charge on any atom is 0.236 e. The molecule has 0 unspecified atom stereocenters. The molecule has 1 aliphatic rings. The summed E-state index contributed by atoms with van der Waals surface area (Å²) in [6.07, 6.45) is 1.56. The van der Waals surface area contributed by atoms with Gasteiger partial charge in [0.2, 0.25) is 5.91 Å². The minimum atomic E-state index is 0.157. The summed E-state index contributed by atoms with van der Waals surface area (Å²) in [6, 6.07) is 7.92. The van der Waals surface area contributed by atoms with Gasteiger partial charge in [-0.3, -0.25) is 9.80 Å². The standard InChI is InChI=1S/C13H18N2O2/c1-11-4-2-5-12(10-11)17-9-8-15-13(16)6-3-7-14-15/h2,4-5,10,14H,3,6-9H2,1H3. The highest BCUT2D eigenvalue weighted by Gasteiger charge is 2.16. The topological polar surface area (TPSA) is 41.6 Å². The van der Waals surface area contributed by atoms with Gasteiger partial charge in [0, 0.05) is 13.0 Å². The summed E-state index contributed by atoms with van der Waals surface area (Å²) in [6.45, 7) is 4.01. The molecule has 0 atom stereocenters. The van der Waals surface area contributed by atoms with E-state index < -0.39 is 0 Å². The van der Waals surface area contributed by atoms with Crippen molar-refractivity contribution in [1.29, 1.82) is 0 Å². The van der Waals surface area contributed by atoms with Gasteiger partial charge in [-0.2, -0.15) is 0 Å². The molecule has 4 heteroatoms. The number of nitrogens with zero attached hydrogens (tertiary/aromatic N) is 1. The van der Waals surface area contributed by atoms with Gasteiger partial charge in [0.05, 0.1) is 6.54 Å². The minimum Gasteiger partial charge on any atom is -0.492 e. The highest BCUT2D eigenvalue weighted by atomic mass is 16.5. The van der Waals surface area contributed by atoms with E-state index in [0.717, 1.165) is 18.7 Å². The number of rotatable bonds is 4. The van der Waals surface area contributed by atoms with E-state index in [9.17, 15) is 4.79 Å². The summed E-state index contributed by atoms with van der Waals surface area (Å²) in [5.41, 5.74) is 4.25. The lowest BCUT2D eigenvalue weighted by atomic mass is 10.2.